The first kappa shape index (κ1) is 12.8. The number of allylic oxidation sites excluding steroid dienone is 3. The van der Waals surface area contributed by atoms with Crippen LogP contribution in [0.25, 0.3) is 0 Å². The molecule has 0 saturated carbocycles. The summed E-state index contributed by atoms with van der Waals surface area (Å²) in [5.41, 5.74) is 14.2. The Hall–Kier alpha value is -2.29. The zero-order chi connectivity index (χ0) is 12.7. The van der Waals surface area contributed by atoms with Crippen molar-refractivity contribution in [2.45, 2.75) is 6.92 Å². The predicted molar refractivity (Wildman–Crippen MR) is 74.1 cm³/mol. The Morgan fingerprint density at radius 3 is 2.65 bits per heavy atom. The zero-order valence-electron chi connectivity index (χ0n) is 9.93. The van der Waals surface area contributed by atoms with E-state index in [9.17, 15) is 0 Å². The van der Waals surface area contributed by atoms with Crippen molar-refractivity contribution in [2.24, 2.45) is 16.5 Å². The highest BCUT2D eigenvalue weighted by Gasteiger charge is 1.96. The number of hydrogen-bond acceptors (Lipinski definition) is 3. The highest BCUT2D eigenvalue weighted by Crippen LogP contribution is 2.17. The SMILES string of the molecule is C=CC(/C=C(N)\C=C\N)=N/c1ccccc1C. The quantitative estimate of drug-likeness (QED) is 0.613. The summed E-state index contributed by atoms with van der Waals surface area (Å²) in [5, 5.41) is 0. The Balaban J connectivity index is 3.07. The number of aliphatic imine (C=N–C) groups is 1. The minimum atomic E-state index is 0.541. The maximum absolute atomic E-state index is 5.72. The van der Waals surface area contributed by atoms with Crippen molar-refractivity contribution in [3.63, 3.8) is 0 Å². The maximum atomic E-state index is 5.72. The first-order valence-electron chi connectivity index (χ1n) is 5.29. The molecule has 1 aromatic rings. The van der Waals surface area contributed by atoms with Gasteiger partial charge in [0, 0.05) is 5.70 Å². The van der Waals surface area contributed by atoms with Gasteiger partial charge in [-0.25, -0.2) is 4.99 Å². The molecule has 0 aliphatic carbocycles. The van der Waals surface area contributed by atoms with Crippen LogP contribution in [-0.4, -0.2) is 5.71 Å². The second-order valence-electron chi connectivity index (χ2n) is 3.53. The van der Waals surface area contributed by atoms with Crippen molar-refractivity contribution < 1.29 is 0 Å². The molecule has 0 spiro atoms. The van der Waals surface area contributed by atoms with E-state index in [4.69, 9.17) is 11.5 Å². The second kappa shape index (κ2) is 6.33. The molecule has 0 fully saturated rings. The summed E-state index contributed by atoms with van der Waals surface area (Å²) in [6, 6.07) is 7.87. The molecular weight excluding hydrogens is 210 g/mol. The van der Waals surface area contributed by atoms with Gasteiger partial charge >= 0.3 is 0 Å². The van der Waals surface area contributed by atoms with Gasteiger partial charge < -0.3 is 11.5 Å². The van der Waals surface area contributed by atoms with Gasteiger partial charge in [-0.15, -0.1) is 0 Å². The Labute approximate surface area is 102 Å². The monoisotopic (exact) mass is 227 g/mol. The van der Waals surface area contributed by atoms with Crippen molar-refractivity contribution in [2.75, 3.05) is 0 Å². The van der Waals surface area contributed by atoms with Gasteiger partial charge in [-0.05, 0) is 43.0 Å². The smallest absolute Gasteiger partial charge is 0.0666 e. The summed E-state index contributed by atoms with van der Waals surface area (Å²) in [6.45, 7) is 5.72. The molecule has 0 aliphatic rings. The van der Waals surface area contributed by atoms with E-state index >= 15 is 0 Å². The highest BCUT2D eigenvalue weighted by molar-refractivity contribution is 6.05. The average molecular weight is 227 g/mol. The van der Waals surface area contributed by atoms with Gasteiger partial charge in [0.1, 0.15) is 0 Å². The second-order valence-corrected chi connectivity index (χ2v) is 3.53. The number of rotatable bonds is 4. The van der Waals surface area contributed by atoms with Gasteiger partial charge in [-0.1, -0.05) is 24.8 Å². The van der Waals surface area contributed by atoms with Crippen molar-refractivity contribution in [3.05, 3.63) is 66.5 Å². The van der Waals surface area contributed by atoms with Crippen molar-refractivity contribution in [1.29, 1.82) is 0 Å². The van der Waals surface area contributed by atoms with Gasteiger partial charge in [0.15, 0.2) is 0 Å². The van der Waals surface area contributed by atoms with Crippen LogP contribution >= 0.6 is 0 Å². The number of nitrogens with zero attached hydrogens (tertiary/aromatic N) is 1. The summed E-state index contributed by atoms with van der Waals surface area (Å²) in [7, 11) is 0. The molecule has 0 radical (unpaired) electrons. The molecule has 0 heterocycles. The Kier molecular flexibility index (Phi) is 4.76. The highest BCUT2D eigenvalue weighted by atomic mass is 14.7. The molecule has 4 N–H and O–H groups in total. The Morgan fingerprint density at radius 2 is 2.06 bits per heavy atom. The van der Waals surface area contributed by atoms with E-state index in [0.717, 1.165) is 11.3 Å². The van der Waals surface area contributed by atoms with Crippen molar-refractivity contribution in [3.8, 4) is 0 Å². The van der Waals surface area contributed by atoms with E-state index in [-0.39, 0.29) is 0 Å². The van der Waals surface area contributed by atoms with Gasteiger partial charge in [0.05, 0.1) is 11.4 Å². The molecule has 0 aliphatic heterocycles. The molecule has 3 nitrogen and oxygen atoms in total. The molecule has 0 amide bonds. The fourth-order valence-corrected chi connectivity index (χ4v) is 1.29. The van der Waals surface area contributed by atoms with Crippen LogP contribution in [0.1, 0.15) is 5.56 Å². The number of nitrogens with two attached hydrogens (primary N) is 2. The lowest BCUT2D eigenvalue weighted by atomic mass is 10.2. The topological polar surface area (TPSA) is 64.4 Å². The normalized spacial score (nSPS) is 13.0. The summed E-state index contributed by atoms with van der Waals surface area (Å²) in [6.07, 6.45) is 6.38. The predicted octanol–water partition coefficient (Wildman–Crippen LogP) is 2.57. The van der Waals surface area contributed by atoms with E-state index < -0.39 is 0 Å². The fourth-order valence-electron chi connectivity index (χ4n) is 1.29. The van der Waals surface area contributed by atoms with Crippen LogP contribution in [0.2, 0.25) is 0 Å². The molecular formula is C14H17N3. The minimum absolute atomic E-state index is 0.541. The maximum Gasteiger partial charge on any atom is 0.0666 e. The van der Waals surface area contributed by atoms with E-state index in [1.807, 2.05) is 31.2 Å². The van der Waals surface area contributed by atoms with Crippen molar-refractivity contribution in [1.82, 2.24) is 0 Å². The van der Waals surface area contributed by atoms with Gasteiger partial charge in [-0.3, -0.25) is 0 Å². The molecule has 0 atom stereocenters. The fraction of sp³-hybridized carbons (Fsp3) is 0.0714. The Morgan fingerprint density at radius 1 is 1.35 bits per heavy atom. The average Bonchev–Trinajstić information content (AvgIpc) is 2.31. The summed E-state index contributed by atoms with van der Waals surface area (Å²) >= 11 is 0. The third kappa shape index (κ3) is 3.99. The molecule has 0 aromatic heterocycles. The lowest BCUT2D eigenvalue weighted by Gasteiger charge is -2.01. The van der Waals surface area contributed by atoms with Gasteiger partial charge in [0.25, 0.3) is 0 Å². The van der Waals surface area contributed by atoms with Crippen LogP contribution in [0.5, 0.6) is 0 Å². The molecule has 0 bridgehead atoms. The summed E-state index contributed by atoms with van der Waals surface area (Å²) in [4.78, 5) is 4.47. The van der Waals surface area contributed by atoms with E-state index in [2.05, 4.69) is 11.6 Å². The Bertz CT molecular complexity index is 482. The van der Waals surface area contributed by atoms with Crippen LogP contribution in [0.3, 0.4) is 0 Å². The molecule has 0 unspecified atom stereocenters. The number of aryl methyl sites for hydroxylation is 1. The third-order valence-corrected chi connectivity index (χ3v) is 2.18. The molecule has 1 rings (SSSR count). The number of hydrogen-bond donors (Lipinski definition) is 2. The van der Waals surface area contributed by atoms with Crippen LogP contribution in [0, 0.1) is 6.92 Å². The van der Waals surface area contributed by atoms with Crippen LogP contribution < -0.4 is 11.5 Å². The van der Waals surface area contributed by atoms with Crippen LogP contribution in [0.4, 0.5) is 5.69 Å². The molecule has 17 heavy (non-hydrogen) atoms. The minimum Gasteiger partial charge on any atom is -0.405 e. The largest absolute Gasteiger partial charge is 0.405 e. The number of para-hydroxylation sites is 1. The lowest BCUT2D eigenvalue weighted by Crippen LogP contribution is -1.99. The van der Waals surface area contributed by atoms with Gasteiger partial charge in [0.2, 0.25) is 0 Å². The number of benzene rings is 1. The van der Waals surface area contributed by atoms with E-state index in [1.54, 1.807) is 18.2 Å². The molecule has 0 saturated heterocycles. The van der Waals surface area contributed by atoms with Crippen LogP contribution in [-0.2, 0) is 0 Å². The van der Waals surface area contributed by atoms with Gasteiger partial charge in [-0.2, -0.15) is 0 Å². The standard InChI is InChI=1S/C14H17N3/c1-3-13(10-12(16)8-9-15)17-14-7-5-4-6-11(14)2/h3-10H,1,15-16H2,2H3/b9-8+,12-10+,17-13-. The van der Waals surface area contributed by atoms with Crippen molar-refractivity contribution >= 4 is 11.4 Å². The first-order chi connectivity index (χ1) is 8.17. The first-order valence-corrected chi connectivity index (χ1v) is 5.29. The molecule has 3 heteroatoms. The summed E-state index contributed by atoms with van der Waals surface area (Å²) < 4.78 is 0. The van der Waals surface area contributed by atoms with E-state index in [1.165, 1.54) is 6.20 Å². The lowest BCUT2D eigenvalue weighted by molar-refractivity contribution is 1.38. The zero-order valence-corrected chi connectivity index (χ0v) is 9.93. The summed E-state index contributed by atoms with van der Waals surface area (Å²) in [5.74, 6) is 0. The third-order valence-electron chi connectivity index (χ3n) is 2.18. The van der Waals surface area contributed by atoms with Crippen LogP contribution in [0.15, 0.2) is 66.0 Å². The van der Waals surface area contributed by atoms with E-state index in [0.29, 0.717) is 11.4 Å². The molecule has 88 valence electrons. The molecule has 1 aromatic carbocycles.